The lowest BCUT2D eigenvalue weighted by atomic mass is 9.92. The molecule has 3 unspecified atom stereocenters. The molecule has 2 N–H and O–H groups in total. The molecule has 0 rings (SSSR count). The fourth-order valence-corrected chi connectivity index (χ4v) is 6.15. The molecule has 0 aromatic rings. The van der Waals surface area contributed by atoms with Crippen LogP contribution in [0.2, 0.25) is 0 Å². The fourth-order valence-electron chi connectivity index (χ4n) is 6.15. The molecule has 0 fully saturated rings. The number of aliphatic hydroxyl groups excluding tert-OH is 2. The first-order valence-electron chi connectivity index (χ1n) is 19.7. The van der Waals surface area contributed by atoms with Crippen molar-refractivity contribution >= 4 is 11.9 Å². The lowest BCUT2D eigenvalue weighted by Crippen LogP contribution is -2.37. The molecule has 0 bridgehead atoms. The fraction of sp³-hybridized carbons (Fsp3) is 0.949. The van der Waals surface area contributed by atoms with Crippen LogP contribution in [0.15, 0.2) is 0 Å². The second kappa shape index (κ2) is 34.2. The maximum absolute atomic E-state index is 12.6. The molecule has 0 aromatic heterocycles. The average molecular weight is 641 g/mol. The highest BCUT2D eigenvalue weighted by atomic mass is 17.2. The van der Waals surface area contributed by atoms with Crippen molar-refractivity contribution in [3.8, 4) is 0 Å². The Morgan fingerprint density at radius 3 is 1.11 bits per heavy atom. The van der Waals surface area contributed by atoms with E-state index >= 15 is 0 Å². The van der Waals surface area contributed by atoms with E-state index < -0.39 is 30.1 Å². The summed E-state index contributed by atoms with van der Waals surface area (Å²) in [5.74, 6) is -2.23. The van der Waals surface area contributed by atoms with Crippen LogP contribution in [0.25, 0.3) is 0 Å². The summed E-state index contributed by atoms with van der Waals surface area (Å²) in [4.78, 5) is 34.3. The maximum atomic E-state index is 12.6. The highest BCUT2D eigenvalue weighted by Crippen LogP contribution is 2.21. The van der Waals surface area contributed by atoms with Crippen LogP contribution >= 0.6 is 0 Å². The summed E-state index contributed by atoms with van der Waals surface area (Å²) in [6, 6.07) is 0. The summed E-state index contributed by atoms with van der Waals surface area (Å²) in [6.07, 6.45) is 34.5. The molecule has 0 amide bonds. The lowest BCUT2D eigenvalue weighted by Gasteiger charge is -2.22. The third-order valence-electron chi connectivity index (χ3n) is 9.28. The summed E-state index contributed by atoms with van der Waals surface area (Å²) < 4.78 is 0. The predicted molar refractivity (Wildman–Crippen MR) is 188 cm³/mol. The van der Waals surface area contributed by atoms with Gasteiger partial charge in [0.15, 0.2) is 0 Å². The zero-order valence-electron chi connectivity index (χ0n) is 30.2. The molecule has 0 saturated heterocycles. The van der Waals surface area contributed by atoms with E-state index in [1.165, 1.54) is 155 Å². The monoisotopic (exact) mass is 641 g/mol. The quantitative estimate of drug-likeness (QED) is 0.0413. The maximum Gasteiger partial charge on any atom is 0.361 e. The zero-order chi connectivity index (χ0) is 33.2. The van der Waals surface area contributed by atoms with Gasteiger partial charge in [-0.3, -0.25) is 0 Å². The first-order valence-corrected chi connectivity index (χ1v) is 19.7. The molecular formula is C39H76O6. The van der Waals surface area contributed by atoms with Crippen LogP contribution in [0, 0.1) is 5.92 Å². The van der Waals surface area contributed by atoms with Gasteiger partial charge >= 0.3 is 11.9 Å². The van der Waals surface area contributed by atoms with Gasteiger partial charge in [-0.15, -0.1) is 0 Å². The highest BCUT2D eigenvalue weighted by molar-refractivity contribution is 5.75. The Kier molecular flexibility index (Phi) is 33.3. The first-order chi connectivity index (χ1) is 21.9. The van der Waals surface area contributed by atoms with Gasteiger partial charge < -0.3 is 10.2 Å². The van der Waals surface area contributed by atoms with Crippen molar-refractivity contribution in [1.82, 2.24) is 0 Å². The number of aliphatic hydroxyl groups is 2. The average Bonchev–Trinajstić information content (AvgIpc) is 3.03. The summed E-state index contributed by atoms with van der Waals surface area (Å²) in [7, 11) is 0. The Balaban J connectivity index is 3.84. The number of carbonyl (C=O) groups excluding carboxylic acids is 2. The van der Waals surface area contributed by atoms with Crippen LogP contribution in [0.5, 0.6) is 0 Å². The van der Waals surface area contributed by atoms with Crippen LogP contribution < -0.4 is 0 Å². The zero-order valence-corrected chi connectivity index (χ0v) is 30.2. The van der Waals surface area contributed by atoms with Gasteiger partial charge in [-0.1, -0.05) is 194 Å². The smallest absolute Gasteiger partial charge is 0.361 e. The Hall–Kier alpha value is -1.14. The normalized spacial score (nSPS) is 13.4. The molecule has 0 aliphatic heterocycles. The van der Waals surface area contributed by atoms with E-state index in [1.54, 1.807) is 0 Å². The van der Waals surface area contributed by atoms with Gasteiger partial charge in [0, 0.05) is 0 Å². The molecule has 3 atom stereocenters. The van der Waals surface area contributed by atoms with Crippen molar-refractivity contribution in [3.05, 3.63) is 0 Å². The van der Waals surface area contributed by atoms with E-state index in [2.05, 4.69) is 13.8 Å². The Morgan fingerprint density at radius 2 is 0.778 bits per heavy atom. The number of unbranched alkanes of at least 4 members (excludes halogenated alkanes) is 27. The molecule has 6 nitrogen and oxygen atoms in total. The largest absolute Gasteiger partial charge is 0.391 e. The summed E-state index contributed by atoms with van der Waals surface area (Å²) in [5, 5.41) is 20.3. The van der Waals surface area contributed by atoms with Crippen molar-refractivity contribution in [1.29, 1.82) is 0 Å². The van der Waals surface area contributed by atoms with Crippen LogP contribution in [0.4, 0.5) is 0 Å². The summed E-state index contributed by atoms with van der Waals surface area (Å²) in [6.45, 7) is 5.98. The second-order valence-corrected chi connectivity index (χ2v) is 13.8. The molecular weight excluding hydrogens is 564 g/mol. The van der Waals surface area contributed by atoms with E-state index in [9.17, 15) is 19.8 Å². The van der Waals surface area contributed by atoms with Crippen molar-refractivity contribution in [2.75, 3.05) is 0 Å². The highest BCUT2D eigenvalue weighted by Gasteiger charge is 2.32. The van der Waals surface area contributed by atoms with Gasteiger partial charge in [-0.25, -0.2) is 19.4 Å². The van der Waals surface area contributed by atoms with Crippen LogP contribution in [0.1, 0.15) is 220 Å². The van der Waals surface area contributed by atoms with Crippen molar-refractivity contribution in [2.24, 2.45) is 5.92 Å². The molecule has 6 heteroatoms. The van der Waals surface area contributed by atoms with Crippen molar-refractivity contribution in [2.45, 2.75) is 232 Å². The van der Waals surface area contributed by atoms with Gasteiger partial charge in [-0.05, 0) is 19.8 Å². The van der Waals surface area contributed by atoms with Crippen molar-refractivity contribution in [3.63, 3.8) is 0 Å². The molecule has 0 saturated carbocycles. The Bertz CT molecular complexity index is 637. The third-order valence-corrected chi connectivity index (χ3v) is 9.28. The second-order valence-electron chi connectivity index (χ2n) is 13.8. The molecule has 268 valence electrons. The summed E-state index contributed by atoms with van der Waals surface area (Å²) >= 11 is 0. The molecule has 0 aliphatic carbocycles. The topological polar surface area (TPSA) is 93.1 Å². The minimum Gasteiger partial charge on any atom is -0.391 e. The Labute approximate surface area is 279 Å². The predicted octanol–water partition coefficient (Wildman–Crippen LogP) is 11.5. The number of hydrogen-bond donors (Lipinski definition) is 2. The van der Waals surface area contributed by atoms with Gasteiger partial charge in [0.1, 0.15) is 0 Å². The minimum absolute atomic E-state index is 0.216. The first kappa shape index (κ1) is 43.9. The SMILES string of the molecule is CCCCCCCCCCCCCCCCCC(=O)OOC(=O)C(CCCCCCCCCCCCCCCC)C(O)C(C)O. The standard InChI is InChI=1S/C39H76O6/c1-4-6-8-10-12-14-16-18-20-22-24-26-28-30-32-34-37(41)44-45-39(43)36(38(42)35(3)40)33-31-29-27-25-23-21-19-17-15-13-11-9-7-5-2/h35-36,38,40,42H,4-34H2,1-3H3. The minimum atomic E-state index is -1.24. The molecule has 0 heterocycles. The van der Waals surface area contributed by atoms with E-state index in [4.69, 9.17) is 9.78 Å². The Morgan fingerprint density at radius 1 is 0.467 bits per heavy atom. The molecule has 45 heavy (non-hydrogen) atoms. The van der Waals surface area contributed by atoms with Gasteiger partial charge in [0.05, 0.1) is 24.5 Å². The number of rotatable bonds is 34. The van der Waals surface area contributed by atoms with E-state index in [0.717, 1.165) is 32.1 Å². The van der Waals surface area contributed by atoms with Crippen LogP contribution in [-0.4, -0.2) is 34.4 Å². The van der Waals surface area contributed by atoms with Crippen LogP contribution in [-0.2, 0) is 19.4 Å². The van der Waals surface area contributed by atoms with E-state index in [1.807, 2.05) is 0 Å². The molecule has 0 aromatic carbocycles. The molecule has 0 aliphatic rings. The number of carbonyl (C=O) groups is 2. The van der Waals surface area contributed by atoms with Gasteiger partial charge in [0.25, 0.3) is 0 Å². The third kappa shape index (κ3) is 30.0. The van der Waals surface area contributed by atoms with Crippen LogP contribution in [0.3, 0.4) is 0 Å². The summed E-state index contributed by atoms with van der Waals surface area (Å²) in [5.41, 5.74) is 0. The van der Waals surface area contributed by atoms with E-state index in [-0.39, 0.29) is 6.42 Å². The van der Waals surface area contributed by atoms with E-state index in [0.29, 0.717) is 12.8 Å². The van der Waals surface area contributed by atoms with Gasteiger partial charge in [0.2, 0.25) is 0 Å². The van der Waals surface area contributed by atoms with Crippen molar-refractivity contribution < 1.29 is 29.6 Å². The molecule has 0 radical (unpaired) electrons. The molecule has 0 spiro atoms. The lowest BCUT2D eigenvalue weighted by molar-refractivity contribution is -0.265. The number of hydrogen-bond acceptors (Lipinski definition) is 6. The van der Waals surface area contributed by atoms with Gasteiger partial charge in [-0.2, -0.15) is 0 Å².